The average Bonchev–Trinajstić information content (AvgIpc) is 2.17. The van der Waals surface area contributed by atoms with E-state index in [1.54, 1.807) is 19.1 Å². The van der Waals surface area contributed by atoms with Gasteiger partial charge < -0.3 is 5.32 Å². The first-order valence-electron chi connectivity index (χ1n) is 4.53. The molecular weight excluding hydrogens is 214 g/mol. The fourth-order valence-electron chi connectivity index (χ4n) is 1.03. The van der Waals surface area contributed by atoms with Crippen molar-refractivity contribution in [3.8, 4) is 0 Å². The fourth-order valence-corrected chi connectivity index (χ4v) is 1.67. The monoisotopic (exact) mass is 227 g/mol. The van der Waals surface area contributed by atoms with Crippen LogP contribution in [0.3, 0.4) is 0 Å². The summed E-state index contributed by atoms with van der Waals surface area (Å²) in [5.74, 6) is -0.0953. The van der Waals surface area contributed by atoms with Crippen molar-refractivity contribution in [2.75, 3.05) is 11.6 Å². The van der Waals surface area contributed by atoms with E-state index >= 15 is 0 Å². The molecule has 5 heteroatoms. The Balaban J connectivity index is 2.86. The Morgan fingerprint density at radius 3 is 2.20 bits per heavy atom. The highest BCUT2D eigenvalue weighted by molar-refractivity contribution is 7.90. The van der Waals surface area contributed by atoms with Crippen LogP contribution in [0.5, 0.6) is 0 Å². The molecule has 0 aliphatic carbocycles. The van der Waals surface area contributed by atoms with Crippen LogP contribution in [0.4, 0.5) is 5.69 Å². The number of amides is 1. The van der Waals surface area contributed by atoms with Gasteiger partial charge in [0.05, 0.1) is 4.90 Å². The predicted octanol–water partition coefficient (Wildman–Crippen LogP) is 1.44. The molecule has 1 N–H and O–H groups in total. The molecule has 15 heavy (non-hydrogen) atoms. The van der Waals surface area contributed by atoms with E-state index in [4.69, 9.17) is 0 Å². The molecule has 0 saturated heterocycles. The van der Waals surface area contributed by atoms with E-state index in [0.29, 0.717) is 12.1 Å². The molecule has 1 aromatic rings. The van der Waals surface area contributed by atoms with Gasteiger partial charge in [-0.2, -0.15) is 0 Å². The molecular formula is C10H13NO3S. The molecule has 0 fully saturated rings. The standard InChI is InChI=1S/C10H13NO3S/c1-3-10(12)11-8-4-6-9(7-5-8)15(2,13)14/h4-7H,3H2,1-2H3,(H,11,12). The van der Waals surface area contributed by atoms with E-state index in [1.807, 2.05) is 0 Å². The lowest BCUT2D eigenvalue weighted by Crippen LogP contribution is -2.09. The molecule has 82 valence electrons. The first kappa shape index (κ1) is 11.7. The summed E-state index contributed by atoms with van der Waals surface area (Å²) in [7, 11) is -3.17. The van der Waals surface area contributed by atoms with Crippen molar-refractivity contribution in [2.24, 2.45) is 0 Å². The van der Waals surface area contributed by atoms with Crippen molar-refractivity contribution in [2.45, 2.75) is 18.2 Å². The SMILES string of the molecule is CCC(=O)Nc1ccc(S(C)(=O)=O)cc1. The molecule has 0 radical (unpaired) electrons. The summed E-state index contributed by atoms with van der Waals surface area (Å²) in [4.78, 5) is 11.3. The molecule has 0 aliphatic rings. The molecule has 4 nitrogen and oxygen atoms in total. The Morgan fingerprint density at radius 2 is 1.80 bits per heavy atom. The Kier molecular flexibility index (Phi) is 3.47. The zero-order valence-corrected chi connectivity index (χ0v) is 9.47. The summed E-state index contributed by atoms with van der Waals surface area (Å²) in [5, 5.41) is 2.64. The Labute approximate surface area is 89.2 Å². The molecule has 0 bridgehead atoms. The van der Waals surface area contributed by atoms with Gasteiger partial charge in [-0.15, -0.1) is 0 Å². The van der Waals surface area contributed by atoms with Crippen molar-refractivity contribution in [1.29, 1.82) is 0 Å². The number of carbonyl (C=O) groups is 1. The summed E-state index contributed by atoms with van der Waals surface area (Å²) in [6.07, 6.45) is 1.54. The van der Waals surface area contributed by atoms with Crippen LogP contribution in [-0.4, -0.2) is 20.6 Å². The molecule has 0 heterocycles. The Hall–Kier alpha value is -1.36. The van der Waals surface area contributed by atoms with Crippen molar-refractivity contribution in [3.63, 3.8) is 0 Å². The lowest BCUT2D eigenvalue weighted by atomic mass is 10.3. The Morgan fingerprint density at radius 1 is 1.27 bits per heavy atom. The topological polar surface area (TPSA) is 63.2 Å². The first-order chi connectivity index (χ1) is 6.93. The largest absolute Gasteiger partial charge is 0.326 e. The smallest absolute Gasteiger partial charge is 0.224 e. The van der Waals surface area contributed by atoms with Crippen LogP contribution in [0.2, 0.25) is 0 Å². The van der Waals surface area contributed by atoms with E-state index in [-0.39, 0.29) is 10.8 Å². The summed E-state index contributed by atoms with van der Waals surface area (Å²) >= 11 is 0. The third-order valence-electron chi connectivity index (χ3n) is 1.89. The highest BCUT2D eigenvalue weighted by atomic mass is 32.2. The van der Waals surface area contributed by atoms with Gasteiger partial charge in [0.1, 0.15) is 0 Å². The number of benzene rings is 1. The van der Waals surface area contributed by atoms with Gasteiger partial charge in [0.25, 0.3) is 0 Å². The summed E-state index contributed by atoms with van der Waals surface area (Å²) in [6, 6.07) is 6.09. The maximum Gasteiger partial charge on any atom is 0.224 e. The number of rotatable bonds is 3. The highest BCUT2D eigenvalue weighted by Crippen LogP contribution is 2.13. The number of anilines is 1. The normalized spacial score (nSPS) is 11.1. The number of hydrogen-bond donors (Lipinski definition) is 1. The van der Waals surface area contributed by atoms with Gasteiger partial charge in [-0.25, -0.2) is 8.42 Å². The third kappa shape index (κ3) is 3.36. The van der Waals surface area contributed by atoms with Crippen LogP contribution in [0.15, 0.2) is 29.2 Å². The zero-order chi connectivity index (χ0) is 11.5. The first-order valence-corrected chi connectivity index (χ1v) is 6.42. The molecule has 0 aromatic heterocycles. The summed E-state index contributed by atoms with van der Waals surface area (Å²) < 4.78 is 22.3. The number of nitrogens with one attached hydrogen (secondary N) is 1. The van der Waals surface area contributed by atoms with Crippen molar-refractivity contribution >= 4 is 21.4 Å². The molecule has 0 aliphatic heterocycles. The minimum absolute atomic E-state index is 0.0953. The van der Waals surface area contributed by atoms with Gasteiger partial charge in [0, 0.05) is 18.4 Å². The van der Waals surface area contributed by atoms with E-state index in [2.05, 4.69) is 5.32 Å². The molecule has 0 atom stereocenters. The predicted molar refractivity (Wildman–Crippen MR) is 58.5 cm³/mol. The second kappa shape index (κ2) is 4.44. The van der Waals surface area contributed by atoms with E-state index in [1.165, 1.54) is 12.1 Å². The van der Waals surface area contributed by atoms with E-state index in [9.17, 15) is 13.2 Å². The third-order valence-corrected chi connectivity index (χ3v) is 3.02. The van der Waals surface area contributed by atoms with Crippen molar-refractivity contribution < 1.29 is 13.2 Å². The minimum Gasteiger partial charge on any atom is -0.326 e. The fraction of sp³-hybridized carbons (Fsp3) is 0.300. The molecule has 0 unspecified atom stereocenters. The molecule has 1 rings (SSSR count). The van der Waals surface area contributed by atoms with Gasteiger partial charge in [-0.3, -0.25) is 4.79 Å². The van der Waals surface area contributed by atoms with Crippen LogP contribution in [0.25, 0.3) is 0 Å². The van der Waals surface area contributed by atoms with Crippen LogP contribution < -0.4 is 5.32 Å². The van der Waals surface area contributed by atoms with Gasteiger partial charge in [0.15, 0.2) is 9.84 Å². The highest BCUT2D eigenvalue weighted by Gasteiger charge is 2.06. The maximum absolute atomic E-state index is 11.1. The van der Waals surface area contributed by atoms with Gasteiger partial charge >= 0.3 is 0 Å². The van der Waals surface area contributed by atoms with Gasteiger partial charge in [-0.05, 0) is 24.3 Å². The van der Waals surface area contributed by atoms with Gasteiger partial charge in [0.2, 0.25) is 5.91 Å². The number of carbonyl (C=O) groups excluding carboxylic acids is 1. The second-order valence-electron chi connectivity index (χ2n) is 3.20. The van der Waals surface area contributed by atoms with Crippen LogP contribution in [-0.2, 0) is 14.6 Å². The van der Waals surface area contributed by atoms with Crippen molar-refractivity contribution in [3.05, 3.63) is 24.3 Å². The maximum atomic E-state index is 11.1. The molecule has 0 spiro atoms. The lowest BCUT2D eigenvalue weighted by Gasteiger charge is -2.04. The van der Waals surface area contributed by atoms with Crippen molar-refractivity contribution in [1.82, 2.24) is 0 Å². The zero-order valence-electron chi connectivity index (χ0n) is 8.65. The Bertz CT molecular complexity index is 448. The second-order valence-corrected chi connectivity index (χ2v) is 5.21. The summed E-state index contributed by atoms with van der Waals surface area (Å²) in [6.45, 7) is 1.75. The van der Waals surface area contributed by atoms with Crippen LogP contribution >= 0.6 is 0 Å². The van der Waals surface area contributed by atoms with Crippen LogP contribution in [0, 0.1) is 0 Å². The lowest BCUT2D eigenvalue weighted by molar-refractivity contribution is -0.115. The molecule has 1 aromatic carbocycles. The van der Waals surface area contributed by atoms with E-state index < -0.39 is 9.84 Å². The van der Waals surface area contributed by atoms with Crippen LogP contribution in [0.1, 0.15) is 13.3 Å². The molecule has 1 amide bonds. The minimum atomic E-state index is -3.17. The number of sulfone groups is 1. The van der Waals surface area contributed by atoms with Gasteiger partial charge in [-0.1, -0.05) is 6.92 Å². The number of hydrogen-bond acceptors (Lipinski definition) is 3. The molecule has 0 saturated carbocycles. The quantitative estimate of drug-likeness (QED) is 0.849. The van der Waals surface area contributed by atoms with E-state index in [0.717, 1.165) is 6.26 Å². The average molecular weight is 227 g/mol. The summed E-state index contributed by atoms with van der Waals surface area (Å²) in [5.41, 5.74) is 0.606.